The van der Waals surface area contributed by atoms with Crippen LogP contribution in [0.15, 0.2) is 53.0 Å². The highest BCUT2D eigenvalue weighted by molar-refractivity contribution is 9.10. The van der Waals surface area contributed by atoms with Crippen molar-refractivity contribution in [1.29, 1.82) is 0 Å². The Balaban J connectivity index is 1.68. The Kier molecular flexibility index (Phi) is 5.41. The third-order valence-corrected chi connectivity index (χ3v) is 4.68. The van der Waals surface area contributed by atoms with Gasteiger partial charge >= 0.3 is 0 Å². The Hall–Kier alpha value is -2.01. The van der Waals surface area contributed by atoms with Gasteiger partial charge in [-0.05, 0) is 37.3 Å². The summed E-state index contributed by atoms with van der Waals surface area (Å²) in [6.07, 6.45) is 0.784. The van der Waals surface area contributed by atoms with Gasteiger partial charge < -0.3 is 15.0 Å². The molecule has 1 aliphatic rings. The van der Waals surface area contributed by atoms with Crippen molar-refractivity contribution in [3.05, 3.63) is 58.6 Å². The molecule has 1 unspecified atom stereocenters. The summed E-state index contributed by atoms with van der Waals surface area (Å²) < 4.78 is 6.67. The van der Waals surface area contributed by atoms with Gasteiger partial charge in [-0.1, -0.05) is 34.1 Å². The lowest BCUT2D eigenvalue weighted by atomic mass is 10.0. The molecule has 0 saturated heterocycles. The van der Waals surface area contributed by atoms with Gasteiger partial charge in [-0.25, -0.2) is 0 Å². The summed E-state index contributed by atoms with van der Waals surface area (Å²) >= 11 is 3.49. The maximum atomic E-state index is 12.5. The minimum absolute atomic E-state index is 0.00627. The van der Waals surface area contributed by atoms with E-state index in [0.717, 1.165) is 34.4 Å². The van der Waals surface area contributed by atoms with Crippen LogP contribution in [0.25, 0.3) is 0 Å². The number of nitrogens with zero attached hydrogens (tertiary/aromatic N) is 1. The van der Waals surface area contributed by atoms with Crippen LogP contribution in [0, 0.1) is 0 Å². The SMILES string of the molecule is CCN(CC(=O)NC1CCOc2ccc(Br)cc21)c1ccccc1. The summed E-state index contributed by atoms with van der Waals surface area (Å²) in [4.78, 5) is 14.6. The summed E-state index contributed by atoms with van der Waals surface area (Å²) in [5, 5.41) is 3.16. The first-order valence-electron chi connectivity index (χ1n) is 8.19. The minimum Gasteiger partial charge on any atom is -0.493 e. The Labute approximate surface area is 150 Å². The molecule has 1 atom stereocenters. The highest BCUT2D eigenvalue weighted by atomic mass is 79.9. The highest BCUT2D eigenvalue weighted by Crippen LogP contribution is 2.34. The van der Waals surface area contributed by atoms with E-state index >= 15 is 0 Å². The van der Waals surface area contributed by atoms with Gasteiger partial charge in [0, 0.05) is 28.7 Å². The predicted molar refractivity (Wildman–Crippen MR) is 99.5 cm³/mol. The zero-order valence-corrected chi connectivity index (χ0v) is 15.3. The fraction of sp³-hybridized carbons (Fsp3) is 0.316. The molecule has 1 heterocycles. The topological polar surface area (TPSA) is 41.6 Å². The van der Waals surface area contributed by atoms with Gasteiger partial charge in [-0.3, -0.25) is 4.79 Å². The van der Waals surface area contributed by atoms with Crippen molar-refractivity contribution < 1.29 is 9.53 Å². The van der Waals surface area contributed by atoms with E-state index in [-0.39, 0.29) is 11.9 Å². The molecule has 1 amide bonds. The van der Waals surface area contributed by atoms with Gasteiger partial charge in [-0.2, -0.15) is 0 Å². The highest BCUT2D eigenvalue weighted by Gasteiger charge is 2.24. The van der Waals surface area contributed by atoms with Crippen molar-refractivity contribution in [3.8, 4) is 5.75 Å². The molecule has 5 heteroatoms. The molecule has 1 N–H and O–H groups in total. The van der Waals surface area contributed by atoms with Crippen LogP contribution in [0.2, 0.25) is 0 Å². The molecule has 0 spiro atoms. The predicted octanol–water partition coefficient (Wildman–Crippen LogP) is 3.92. The van der Waals surface area contributed by atoms with Crippen LogP contribution in [0.1, 0.15) is 24.9 Å². The largest absolute Gasteiger partial charge is 0.493 e. The van der Waals surface area contributed by atoms with E-state index in [1.54, 1.807) is 0 Å². The maximum absolute atomic E-state index is 12.5. The molecule has 3 rings (SSSR count). The standard InChI is InChI=1S/C19H21BrN2O2/c1-2-22(15-6-4-3-5-7-15)13-19(23)21-17-10-11-24-18-9-8-14(20)12-16(17)18/h3-9,12,17H,2,10-11,13H2,1H3,(H,21,23). The fourth-order valence-corrected chi connectivity index (χ4v) is 3.33. The molecule has 0 aliphatic carbocycles. The number of para-hydroxylation sites is 1. The fourth-order valence-electron chi connectivity index (χ4n) is 2.95. The van der Waals surface area contributed by atoms with Crippen LogP contribution >= 0.6 is 15.9 Å². The molecule has 4 nitrogen and oxygen atoms in total. The number of nitrogens with one attached hydrogen (secondary N) is 1. The summed E-state index contributed by atoms with van der Waals surface area (Å²) in [5.41, 5.74) is 2.09. The van der Waals surface area contributed by atoms with Crippen LogP contribution in [-0.2, 0) is 4.79 Å². The van der Waals surface area contributed by atoms with Crippen molar-refractivity contribution in [1.82, 2.24) is 5.32 Å². The summed E-state index contributed by atoms with van der Waals surface area (Å²) in [5.74, 6) is 0.878. The molecule has 0 saturated carbocycles. The van der Waals surface area contributed by atoms with Crippen molar-refractivity contribution in [2.24, 2.45) is 0 Å². The van der Waals surface area contributed by atoms with Gasteiger partial charge in [0.1, 0.15) is 5.75 Å². The number of benzene rings is 2. The van der Waals surface area contributed by atoms with E-state index in [9.17, 15) is 4.79 Å². The smallest absolute Gasteiger partial charge is 0.240 e. The maximum Gasteiger partial charge on any atom is 0.240 e. The van der Waals surface area contributed by atoms with Crippen molar-refractivity contribution in [3.63, 3.8) is 0 Å². The van der Waals surface area contributed by atoms with E-state index in [4.69, 9.17) is 4.74 Å². The Morgan fingerprint density at radius 2 is 2.08 bits per heavy atom. The lowest BCUT2D eigenvalue weighted by Gasteiger charge is -2.28. The number of carbonyl (C=O) groups is 1. The normalized spacial score (nSPS) is 16.0. The molecule has 2 aromatic carbocycles. The number of anilines is 1. The molecule has 0 radical (unpaired) electrons. The number of halogens is 1. The Morgan fingerprint density at radius 3 is 2.83 bits per heavy atom. The quantitative estimate of drug-likeness (QED) is 0.843. The van der Waals surface area contributed by atoms with Gasteiger partial charge in [0.2, 0.25) is 5.91 Å². The van der Waals surface area contributed by atoms with Crippen LogP contribution in [0.3, 0.4) is 0 Å². The van der Waals surface area contributed by atoms with E-state index in [1.165, 1.54) is 0 Å². The monoisotopic (exact) mass is 388 g/mol. The molecular formula is C19H21BrN2O2. The van der Waals surface area contributed by atoms with Gasteiger partial charge in [-0.15, -0.1) is 0 Å². The molecule has 24 heavy (non-hydrogen) atoms. The van der Waals surface area contributed by atoms with Gasteiger partial charge in [0.15, 0.2) is 0 Å². The average Bonchev–Trinajstić information content (AvgIpc) is 2.61. The lowest BCUT2D eigenvalue weighted by Crippen LogP contribution is -2.40. The molecule has 0 aromatic heterocycles. The van der Waals surface area contributed by atoms with E-state index in [1.807, 2.05) is 48.5 Å². The molecule has 1 aliphatic heterocycles. The molecule has 0 bridgehead atoms. The number of ether oxygens (including phenoxy) is 1. The first-order chi connectivity index (χ1) is 11.7. The van der Waals surface area contributed by atoms with Crippen molar-refractivity contribution in [2.45, 2.75) is 19.4 Å². The number of rotatable bonds is 5. The Morgan fingerprint density at radius 1 is 1.29 bits per heavy atom. The number of amides is 1. The van der Waals surface area contributed by atoms with E-state index in [0.29, 0.717) is 13.2 Å². The molecule has 126 valence electrons. The van der Waals surface area contributed by atoms with Crippen LogP contribution in [0.4, 0.5) is 5.69 Å². The molecule has 0 fully saturated rings. The second-order valence-corrected chi connectivity index (χ2v) is 6.70. The zero-order valence-electron chi connectivity index (χ0n) is 13.7. The third kappa shape index (κ3) is 3.90. The zero-order chi connectivity index (χ0) is 16.9. The molecule has 2 aromatic rings. The van der Waals surface area contributed by atoms with Crippen molar-refractivity contribution in [2.75, 3.05) is 24.6 Å². The van der Waals surface area contributed by atoms with Crippen LogP contribution in [0.5, 0.6) is 5.75 Å². The number of carbonyl (C=O) groups excluding carboxylic acids is 1. The summed E-state index contributed by atoms with van der Waals surface area (Å²) in [6.45, 7) is 3.81. The number of hydrogen-bond acceptors (Lipinski definition) is 3. The van der Waals surface area contributed by atoms with E-state index in [2.05, 4.69) is 33.1 Å². The second kappa shape index (κ2) is 7.71. The first kappa shape index (κ1) is 16.8. The van der Waals surface area contributed by atoms with Crippen LogP contribution in [-0.4, -0.2) is 25.6 Å². The first-order valence-corrected chi connectivity index (χ1v) is 8.98. The average molecular weight is 389 g/mol. The lowest BCUT2D eigenvalue weighted by molar-refractivity contribution is -0.120. The van der Waals surface area contributed by atoms with Gasteiger partial charge in [0.25, 0.3) is 0 Å². The minimum atomic E-state index is -0.00627. The van der Waals surface area contributed by atoms with Crippen molar-refractivity contribution >= 4 is 27.5 Å². The third-order valence-electron chi connectivity index (χ3n) is 4.18. The Bertz CT molecular complexity index is 706. The summed E-state index contributed by atoms with van der Waals surface area (Å²) in [6, 6.07) is 15.9. The summed E-state index contributed by atoms with van der Waals surface area (Å²) in [7, 11) is 0. The second-order valence-electron chi connectivity index (χ2n) is 5.79. The number of likely N-dealkylation sites (N-methyl/N-ethyl adjacent to an activating group) is 1. The van der Waals surface area contributed by atoms with E-state index < -0.39 is 0 Å². The van der Waals surface area contributed by atoms with Gasteiger partial charge in [0.05, 0.1) is 19.2 Å². The number of hydrogen-bond donors (Lipinski definition) is 1. The number of fused-ring (bicyclic) bond motifs is 1. The molecular weight excluding hydrogens is 368 g/mol. The van der Waals surface area contributed by atoms with Crippen LogP contribution < -0.4 is 15.0 Å².